The summed E-state index contributed by atoms with van der Waals surface area (Å²) in [4.78, 5) is 26.1. The van der Waals surface area contributed by atoms with Crippen molar-refractivity contribution in [2.45, 2.75) is 6.92 Å². The van der Waals surface area contributed by atoms with Crippen LogP contribution in [0.1, 0.15) is 5.56 Å². The normalized spacial score (nSPS) is 11.7. The zero-order valence-electron chi connectivity index (χ0n) is 19.8. The highest BCUT2D eigenvalue weighted by Gasteiger charge is 2.23. The summed E-state index contributed by atoms with van der Waals surface area (Å²) in [6.07, 6.45) is 1.82. The molecule has 0 aliphatic carbocycles. The number of fused-ring (bicyclic) bond motifs is 4. The minimum atomic E-state index is -0.380. The summed E-state index contributed by atoms with van der Waals surface area (Å²) in [6, 6.07) is 19.7. The molecule has 6 aromatic rings. The van der Waals surface area contributed by atoms with Crippen LogP contribution in [0.3, 0.4) is 0 Å². The summed E-state index contributed by atoms with van der Waals surface area (Å²) in [6.45, 7) is 2.02. The van der Waals surface area contributed by atoms with Crippen LogP contribution >= 0.6 is 0 Å². The number of nitrogens with zero attached hydrogens (tertiary/aromatic N) is 3. The van der Waals surface area contributed by atoms with Crippen molar-refractivity contribution in [3.05, 3.63) is 93.3 Å². The van der Waals surface area contributed by atoms with Gasteiger partial charge in [-0.25, -0.2) is 4.79 Å². The Bertz CT molecular complexity index is 1900. The Morgan fingerprint density at radius 3 is 2.34 bits per heavy atom. The van der Waals surface area contributed by atoms with Gasteiger partial charge in [0, 0.05) is 37.1 Å². The molecule has 3 aromatic heterocycles. The van der Waals surface area contributed by atoms with Gasteiger partial charge in [0.2, 0.25) is 0 Å². The third kappa shape index (κ3) is 2.98. The number of benzene rings is 3. The maximum Gasteiger partial charge on any atom is 0.330 e. The number of hydrogen-bond donors (Lipinski definition) is 0. The van der Waals surface area contributed by atoms with Gasteiger partial charge in [-0.3, -0.25) is 13.9 Å². The van der Waals surface area contributed by atoms with E-state index >= 15 is 0 Å². The Balaban J connectivity index is 1.78. The fourth-order valence-electron chi connectivity index (χ4n) is 4.82. The summed E-state index contributed by atoms with van der Waals surface area (Å²) in [5, 5.41) is 2.41. The summed E-state index contributed by atoms with van der Waals surface area (Å²) in [7, 11) is 4.80. The van der Waals surface area contributed by atoms with Crippen molar-refractivity contribution in [2.24, 2.45) is 14.1 Å². The number of furan rings is 1. The molecule has 35 heavy (non-hydrogen) atoms. The number of rotatable bonds is 3. The van der Waals surface area contributed by atoms with Crippen molar-refractivity contribution >= 4 is 32.8 Å². The van der Waals surface area contributed by atoms with Crippen molar-refractivity contribution in [3.8, 4) is 22.7 Å². The number of ether oxygens (including phenoxy) is 1. The number of aromatic nitrogens is 3. The molecule has 0 unspecified atom stereocenters. The Morgan fingerprint density at radius 1 is 0.857 bits per heavy atom. The molecule has 0 radical (unpaired) electrons. The third-order valence-corrected chi connectivity index (χ3v) is 6.70. The zero-order chi connectivity index (χ0) is 24.4. The van der Waals surface area contributed by atoms with Crippen molar-refractivity contribution in [1.82, 2.24) is 13.7 Å². The molecule has 6 rings (SSSR count). The van der Waals surface area contributed by atoms with Crippen molar-refractivity contribution < 1.29 is 9.15 Å². The summed E-state index contributed by atoms with van der Waals surface area (Å²) in [5.41, 5.74) is 4.67. The molecule has 0 bridgehead atoms. The molecule has 0 spiro atoms. The quantitative estimate of drug-likeness (QED) is 0.372. The molecule has 3 heterocycles. The number of para-hydroxylation sites is 1. The SMILES string of the molecule is COc1cc2c(cc1-n1cc3c(c1-c1ccc(C)cc1)c(=O)n(C)c(=O)n3C)oc1ccccc12. The van der Waals surface area contributed by atoms with Gasteiger partial charge in [-0.1, -0.05) is 48.0 Å². The maximum absolute atomic E-state index is 13.4. The molecule has 0 atom stereocenters. The largest absolute Gasteiger partial charge is 0.495 e. The first-order valence-corrected chi connectivity index (χ1v) is 11.3. The molecule has 7 nitrogen and oxygen atoms in total. The topological polar surface area (TPSA) is 71.3 Å². The summed E-state index contributed by atoms with van der Waals surface area (Å²) >= 11 is 0. The first kappa shape index (κ1) is 21.0. The summed E-state index contributed by atoms with van der Waals surface area (Å²) < 4.78 is 16.5. The fraction of sp³-hybridized carbons (Fsp3) is 0.143. The molecule has 0 N–H and O–H groups in total. The van der Waals surface area contributed by atoms with Crippen LogP contribution in [-0.2, 0) is 14.1 Å². The highest BCUT2D eigenvalue weighted by Crippen LogP contribution is 2.39. The minimum Gasteiger partial charge on any atom is -0.495 e. The second kappa shape index (κ2) is 7.50. The standard InChI is InChI=1S/C28H23N3O4/c1-16-9-11-17(12-10-16)26-25-21(29(2)28(33)30(3)27(25)32)15-31(26)20-14-23-19(13-24(20)34-4)18-7-5-6-8-22(18)35-23/h5-15H,1-4H3. The molecule has 0 saturated heterocycles. The maximum atomic E-state index is 13.4. The van der Waals surface area contributed by atoms with Gasteiger partial charge in [0.05, 0.1) is 29.4 Å². The Kier molecular flexibility index (Phi) is 4.51. The van der Waals surface area contributed by atoms with Crippen LogP contribution in [0, 0.1) is 6.92 Å². The highest BCUT2D eigenvalue weighted by atomic mass is 16.5. The predicted octanol–water partition coefficient (Wildman–Crippen LogP) is 4.91. The van der Waals surface area contributed by atoms with Crippen molar-refractivity contribution in [1.29, 1.82) is 0 Å². The van der Waals surface area contributed by atoms with Crippen LogP contribution in [0.2, 0.25) is 0 Å². The second-order valence-electron chi connectivity index (χ2n) is 8.80. The molecule has 7 heteroatoms. The van der Waals surface area contributed by atoms with E-state index in [0.717, 1.165) is 32.0 Å². The summed E-state index contributed by atoms with van der Waals surface area (Å²) in [5.74, 6) is 0.625. The average Bonchev–Trinajstić information content (AvgIpc) is 3.44. The first-order valence-electron chi connectivity index (χ1n) is 11.3. The van der Waals surface area contributed by atoms with E-state index in [1.807, 2.05) is 78.4 Å². The van der Waals surface area contributed by atoms with Crippen LogP contribution < -0.4 is 16.0 Å². The van der Waals surface area contributed by atoms with Crippen molar-refractivity contribution in [3.63, 3.8) is 0 Å². The molecule has 0 amide bonds. The van der Waals surface area contributed by atoms with E-state index in [0.29, 0.717) is 33.6 Å². The smallest absolute Gasteiger partial charge is 0.330 e. The van der Waals surface area contributed by atoms with Crippen LogP contribution in [0.5, 0.6) is 5.75 Å². The predicted molar refractivity (Wildman–Crippen MR) is 138 cm³/mol. The lowest BCUT2D eigenvalue weighted by Crippen LogP contribution is -2.36. The molecule has 0 fully saturated rings. The molecular formula is C28H23N3O4. The second-order valence-corrected chi connectivity index (χ2v) is 8.80. The van der Waals surface area contributed by atoms with E-state index in [-0.39, 0.29) is 11.2 Å². The number of methoxy groups -OCH3 is 1. The minimum absolute atomic E-state index is 0.346. The van der Waals surface area contributed by atoms with E-state index in [1.54, 1.807) is 14.2 Å². The number of aryl methyl sites for hydroxylation is 2. The molecule has 0 aliphatic rings. The lowest BCUT2D eigenvalue weighted by molar-refractivity contribution is 0.413. The van der Waals surface area contributed by atoms with Gasteiger partial charge in [-0.05, 0) is 24.6 Å². The van der Waals surface area contributed by atoms with Crippen LogP contribution in [0.25, 0.3) is 49.8 Å². The average molecular weight is 466 g/mol. The van der Waals surface area contributed by atoms with E-state index in [1.165, 1.54) is 11.6 Å². The van der Waals surface area contributed by atoms with Gasteiger partial charge in [0.15, 0.2) is 0 Å². The Labute approximate surface area is 200 Å². The lowest BCUT2D eigenvalue weighted by atomic mass is 10.1. The van der Waals surface area contributed by atoms with Gasteiger partial charge in [0.25, 0.3) is 5.56 Å². The molecule has 0 aliphatic heterocycles. The Hall–Kier alpha value is -4.52. The van der Waals surface area contributed by atoms with E-state index in [2.05, 4.69) is 0 Å². The van der Waals surface area contributed by atoms with Gasteiger partial charge in [-0.15, -0.1) is 0 Å². The van der Waals surface area contributed by atoms with Crippen LogP contribution in [0.4, 0.5) is 0 Å². The van der Waals surface area contributed by atoms with E-state index in [4.69, 9.17) is 9.15 Å². The highest BCUT2D eigenvalue weighted by molar-refractivity contribution is 6.06. The lowest BCUT2D eigenvalue weighted by Gasteiger charge is -2.14. The fourth-order valence-corrected chi connectivity index (χ4v) is 4.82. The van der Waals surface area contributed by atoms with Crippen LogP contribution in [0.15, 0.2) is 80.9 Å². The monoisotopic (exact) mass is 465 g/mol. The van der Waals surface area contributed by atoms with Gasteiger partial charge >= 0.3 is 5.69 Å². The van der Waals surface area contributed by atoms with Crippen LogP contribution in [-0.4, -0.2) is 20.8 Å². The van der Waals surface area contributed by atoms with Gasteiger partial charge in [-0.2, -0.15) is 0 Å². The third-order valence-electron chi connectivity index (χ3n) is 6.70. The van der Waals surface area contributed by atoms with E-state index < -0.39 is 0 Å². The van der Waals surface area contributed by atoms with E-state index in [9.17, 15) is 9.59 Å². The first-order chi connectivity index (χ1) is 16.9. The van der Waals surface area contributed by atoms with Gasteiger partial charge < -0.3 is 13.7 Å². The zero-order valence-corrected chi connectivity index (χ0v) is 19.8. The number of hydrogen-bond acceptors (Lipinski definition) is 4. The molecular weight excluding hydrogens is 442 g/mol. The Morgan fingerprint density at radius 2 is 1.60 bits per heavy atom. The van der Waals surface area contributed by atoms with Gasteiger partial charge in [0.1, 0.15) is 16.9 Å². The molecule has 174 valence electrons. The molecule has 0 saturated carbocycles. The molecule has 3 aromatic carbocycles. The van der Waals surface area contributed by atoms with Crippen molar-refractivity contribution in [2.75, 3.05) is 7.11 Å².